The van der Waals surface area contributed by atoms with Crippen molar-refractivity contribution >= 4 is 34.5 Å². The van der Waals surface area contributed by atoms with Crippen molar-refractivity contribution in [1.82, 2.24) is 14.7 Å². The third-order valence-electron chi connectivity index (χ3n) is 8.15. The number of hydrogen-bond acceptors (Lipinski definition) is 6. The van der Waals surface area contributed by atoms with Gasteiger partial charge >= 0.3 is 6.09 Å². The van der Waals surface area contributed by atoms with Crippen molar-refractivity contribution in [2.45, 2.75) is 89.3 Å². The lowest BCUT2D eigenvalue weighted by molar-refractivity contribution is -0.143. The Kier molecular flexibility index (Phi) is 7.33. The zero-order valence-electron chi connectivity index (χ0n) is 23.9. The van der Waals surface area contributed by atoms with Gasteiger partial charge in [-0.2, -0.15) is 9.78 Å². The quantitative estimate of drug-likeness (QED) is 0.443. The molecular weight excluding hydrogens is 508 g/mol. The molecule has 2 fully saturated rings. The molecule has 5 rings (SSSR count). The van der Waals surface area contributed by atoms with Gasteiger partial charge in [-0.25, -0.2) is 4.79 Å². The van der Waals surface area contributed by atoms with Crippen LogP contribution in [0.15, 0.2) is 48.7 Å². The maximum absolute atomic E-state index is 14.4. The molecule has 2 aliphatic rings. The Morgan fingerprint density at radius 2 is 1.73 bits per heavy atom. The third-order valence-corrected chi connectivity index (χ3v) is 8.15. The number of aromatic nitrogens is 2. The minimum Gasteiger partial charge on any atom is -0.497 e. The van der Waals surface area contributed by atoms with Crippen LogP contribution in [0.3, 0.4) is 0 Å². The van der Waals surface area contributed by atoms with E-state index in [1.807, 2.05) is 36.1 Å². The van der Waals surface area contributed by atoms with Crippen LogP contribution in [0.2, 0.25) is 0 Å². The number of nitrogens with zero attached hydrogens (tertiary/aromatic N) is 3. The van der Waals surface area contributed by atoms with Gasteiger partial charge in [-0.3, -0.25) is 9.59 Å². The van der Waals surface area contributed by atoms with Gasteiger partial charge in [0.25, 0.3) is 0 Å². The average Bonchev–Trinajstić information content (AvgIpc) is 3.66. The van der Waals surface area contributed by atoms with E-state index in [0.29, 0.717) is 23.0 Å². The summed E-state index contributed by atoms with van der Waals surface area (Å²) in [5.74, 6) is 0.537. The molecule has 1 N–H and O–H groups in total. The van der Waals surface area contributed by atoms with E-state index in [-0.39, 0.29) is 17.9 Å². The van der Waals surface area contributed by atoms with Gasteiger partial charge in [0.15, 0.2) is 0 Å². The van der Waals surface area contributed by atoms with Crippen molar-refractivity contribution in [3.05, 3.63) is 54.2 Å². The van der Waals surface area contributed by atoms with Crippen LogP contribution in [0.5, 0.6) is 5.75 Å². The van der Waals surface area contributed by atoms with Crippen LogP contribution in [0.25, 0.3) is 10.9 Å². The highest BCUT2D eigenvalue weighted by atomic mass is 16.6. The summed E-state index contributed by atoms with van der Waals surface area (Å²) in [6.45, 7) is 7.40. The van der Waals surface area contributed by atoms with Crippen LogP contribution in [-0.4, -0.2) is 57.4 Å². The summed E-state index contributed by atoms with van der Waals surface area (Å²) in [6, 6.07) is 12.4. The molecular formula is C31H38N4O5. The van der Waals surface area contributed by atoms with Gasteiger partial charge in [-0.1, -0.05) is 31.0 Å². The number of methoxy groups -OCH3 is 1. The average molecular weight is 547 g/mol. The molecule has 1 saturated carbocycles. The molecule has 2 amide bonds. The Morgan fingerprint density at radius 1 is 1.02 bits per heavy atom. The third kappa shape index (κ3) is 5.05. The molecule has 9 heteroatoms. The SMILES string of the molecule is COc1ccc(C2(C(=O)N3[C@H](C)CC[C@@H]3C(=O)Nc3cccc4c3cnn4C(=O)OC(C)(C)C)CCCC2)cc1. The number of amides is 2. The second-order valence-corrected chi connectivity index (χ2v) is 11.9. The molecule has 2 aromatic carbocycles. The molecule has 1 aromatic heterocycles. The summed E-state index contributed by atoms with van der Waals surface area (Å²) in [7, 11) is 1.63. The fraction of sp³-hybridized carbons (Fsp3) is 0.484. The van der Waals surface area contributed by atoms with Crippen LogP contribution in [0.4, 0.5) is 10.5 Å². The van der Waals surface area contributed by atoms with E-state index in [1.165, 1.54) is 4.68 Å². The van der Waals surface area contributed by atoms with E-state index in [2.05, 4.69) is 10.4 Å². The van der Waals surface area contributed by atoms with Crippen molar-refractivity contribution in [1.29, 1.82) is 0 Å². The first-order chi connectivity index (χ1) is 19.0. The van der Waals surface area contributed by atoms with Gasteiger partial charge in [0.05, 0.1) is 29.9 Å². The topological polar surface area (TPSA) is 103 Å². The predicted octanol–water partition coefficient (Wildman–Crippen LogP) is 5.66. The number of likely N-dealkylation sites (tertiary alicyclic amines) is 1. The summed E-state index contributed by atoms with van der Waals surface area (Å²) in [6.07, 6.45) is 5.77. The zero-order chi connectivity index (χ0) is 28.7. The first-order valence-electron chi connectivity index (χ1n) is 14.0. The fourth-order valence-electron chi connectivity index (χ4n) is 6.17. The molecule has 40 heavy (non-hydrogen) atoms. The molecule has 2 heterocycles. The van der Waals surface area contributed by atoms with Gasteiger partial charge in [0.2, 0.25) is 11.8 Å². The number of ether oxygens (including phenoxy) is 2. The number of fused-ring (bicyclic) bond motifs is 1. The molecule has 0 unspecified atom stereocenters. The number of rotatable bonds is 5. The van der Waals surface area contributed by atoms with Crippen LogP contribution < -0.4 is 10.1 Å². The molecule has 0 spiro atoms. The van der Waals surface area contributed by atoms with E-state index in [1.54, 1.807) is 52.3 Å². The lowest BCUT2D eigenvalue weighted by Crippen LogP contribution is -2.53. The van der Waals surface area contributed by atoms with Gasteiger partial charge < -0.3 is 19.7 Å². The number of hydrogen-bond donors (Lipinski definition) is 1. The second-order valence-electron chi connectivity index (χ2n) is 11.9. The molecule has 1 aliphatic carbocycles. The van der Waals surface area contributed by atoms with Crippen molar-refractivity contribution < 1.29 is 23.9 Å². The van der Waals surface area contributed by atoms with Crippen molar-refractivity contribution in [2.75, 3.05) is 12.4 Å². The zero-order valence-corrected chi connectivity index (χ0v) is 23.9. The maximum atomic E-state index is 14.4. The molecule has 0 radical (unpaired) electrons. The number of anilines is 1. The van der Waals surface area contributed by atoms with Gasteiger partial charge in [0.1, 0.15) is 17.4 Å². The maximum Gasteiger partial charge on any atom is 0.435 e. The Morgan fingerprint density at radius 3 is 2.38 bits per heavy atom. The number of carbonyl (C=O) groups excluding carboxylic acids is 3. The van der Waals surface area contributed by atoms with E-state index < -0.39 is 23.2 Å². The highest BCUT2D eigenvalue weighted by Crippen LogP contribution is 2.45. The summed E-state index contributed by atoms with van der Waals surface area (Å²) in [4.78, 5) is 42.6. The highest BCUT2D eigenvalue weighted by Gasteiger charge is 2.50. The molecule has 0 bridgehead atoms. The molecule has 2 atom stereocenters. The van der Waals surface area contributed by atoms with Crippen LogP contribution in [0, 0.1) is 0 Å². The minimum absolute atomic E-state index is 0.0243. The van der Waals surface area contributed by atoms with Crippen molar-refractivity contribution in [3.8, 4) is 5.75 Å². The van der Waals surface area contributed by atoms with E-state index >= 15 is 0 Å². The summed E-state index contributed by atoms with van der Waals surface area (Å²) < 4.78 is 12.0. The highest BCUT2D eigenvalue weighted by molar-refractivity contribution is 6.05. The number of carbonyl (C=O) groups is 3. The lowest BCUT2D eigenvalue weighted by Gasteiger charge is -2.37. The Bertz CT molecular complexity index is 1420. The van der Waals surface area contributed by atoms with Crippen molar-refractivity contribution in [2.24, 2.45) is 0 Å². The van der Waals surface area contributed by atoms with E-state index in [4.69, 9.17) is 9.47 Å². The Balaban J connectivity index is 1.40. The first kappa shape index (κ1) is 27.7. The Labute approximate surface area is 234 Å². The minimum atomic E-state index is -0.668. The van der Waals surface area contributed by atoms with Crippen LogP contribution in [0.1, 0.15) is 71.8 Å². The van der Waals surface area contributed by atoms with Gasteiger partial charge in [0, 0.05) is 11.4 Å². The Hall–Kier alpha value is -3.88. The van der Waals surface area contributed by atoms with Gasteiger partial charge in [-0.05, 0) is 83.2 Å². The number of benzene rings is 2. The molecule has 3 aromatic rings. The second kappa shape index (κ2) is 10.6. The predicted molar refractivity (Wildman–Crippen MR) is 152 cm³/mol. The fourth-order valence-corrected chi connectivity index (χ4v) is 6.17. The van der Waals surface area contributed by atoms with Crippen molar-refractivity contribution in [3.63, 3.8) is 0 Å². The summed E-state index contributed by atoms with van der Waals surface area (Å²) >= 11 is 0. The standard InChI is InChI=1S/C31H38N4O5/c1-20-11-16-26(34(20)28(37)31(17-6-7-18-31)21-12-14-22(39-5)15-13-21)27(36)33-24-9-8-10-25-23(24)19-32-35(25)29(38)40-30(2,3)4/h8-10,12-15,19-20,26H,6-7,11,16-18H2,1-5H3,(H,33,36)/t20-,26-/m1/s1. The molecule has 212 valence electrons. The lowest BCUT2D eigenvalue weighted by atomic mass is 9.77. The summed E-state index contributed by atoms with van der Waals surface area (Å²) in [5, 5.41) is 7.88. The first-order valence-corrected chi connectivity index (χ1v) is 14.0. The van der Waals surface area contributed by atoms with Crippen LogP contribution in [-0.2, 0) is 19.7 Å². The largest absolute Gasteiger partial charge is 0.497 e. The van der Waals surface area contributed by atoms with E-state index in [9.17, 15) is 14.4 Å². The van der Waals surface area contributed by atoms with E-state index in [0.717, 1.165) is 43.4 Å². The smallest absolute Gasteiger partial charge is 0.435 e. The molecule has 9 nitrogen and oxygen atoms in total. The molecule has 1 aliphatic heterocycles. The van der Waals surface area contributed by atoms with Gasteiger partial charge in [-0.15, -0.1) is 0 Å². The summed E-state index contributed by atoms with van der Waals surface area (Å²) in [5.41, 5.74) is 0.740. The van der Waals surface area contributed by atoms with Crippen LogP contribution >= 0.6 is 0 Å². The normalized spacial score (nSPS) is 20.5. The number of nitrogens with one attached hydrogen (secondary N) is 1. The molecule has 1 saturated heterocycles. The monoisotopic (exact) mass is 546 g/mol.